The summed E-state index contributed by atoms with van der Waals surface area (Å²) in [5.74, 6) is -1.31. The molecule has 1 N–H and O–H groups in total. The number of rotatable bonds is 6. The molecule has 3 rings (SSSR count). The average Bonchev–Trinajstić information content (AvgIpc) is 2.65. The van der Waals surface area contributed by atoms with E-state index in [1.807, 2.05) is 6.07 Å². The summed E-state index contributed by atoms with van der Waals surface area (Å²) in [7, 11) is -3.77. The van der Waals surface area contributed by atoms with Gasteiger partial charge in [0.1, 0.15) is 0 Å². The molecular formula is C21H18NO4S2-. The highest BCUT2D eigenvalue weighted by atomic mass is 32.2. The highest BCUT2D eigenvalue weighted by Crippen LogP contribution is 2.30. The molecule has 0 heterocycles. The molecule has 0 spiro atoms. The van der Waals surface area contributed by atoms with Gasteiger partial charge in [-0.3, -0.25) is 4.72 Å². The van der Waals surface area contributed by atoms with Crippen molar-refractivity contribution in [1.29, 1.82) is 0 Å². The van der Waals surface area contributed by atoms with E-state index in [1.165, 1.54) is 35.4 Å². The van der Waals surface area contributed by atoms with Gasteiger partial charge in [0.25, 0.3) is 10.0 Å². The van der Waals surface area contributed by atoms with Gasteiger partial charge in [0.05, 0.1) is 10.9 Å². The topological polar surface area (TPSA) is 86.3 Å². The summed E-state index contributed by atoms with van der Waals surface area (Å²) in [6.07, 6.45) is 0. The summed E-state index contributed by atoms with van der Waals surface area (Å²) >= 11 is 1.56. The number of hydrogen-bond donors (Lipinski definition) is 1. The van der Waals surface area contributed by atoms with Gasteiger partial charge in [0.15, 0.2) is 0 Å². The second kappa shape index (κ2) is 8.08. The normalized spacial score (nSPS) is 11.2. The van der Waals surface area contributed by atoms with Crippen LogP contribution >= 0.6 is 11.8 Å². The largest absolute Gasteiger partial charge is 0.545 e. The molecule has 144 valence electrons. The molecule has 3 aromatic carbocycles. The van der Waals surface area contributed by atoms with E-state index in [0.29, 0.717) is 0 Å². The summed E-state index contributed by atoms with van der Waals surface area (Å²) in [5.41, 5.74) is 2.69. The monoisotopic (exact) mass is 412 g/mol. The molecule has 0 aliphatic heterocycles. The number of carboxylic acids is 1. The van der Waals surface area contributed by atoms with Crippen LogP contribution in [0.1, 0.15) is 21.5 Å². The Morgan fingerprint density at radius 3 is 2.04 bits per heavy atom. The lowest BCUT2D eigenvalue weighted by Crippen LogP contribution is -2.22. The third kappa shape index (κ3) is 4.74. The lowest BCUT2D eigenvalue weighted by molar-refractivity contribution is -0.255. The fraction of sp³-hybridized carbons (Fsp3) is 0.0952. The van der Waals surface area contributed by atoms with Crippen LogP contribution < -0.4 is 9.83 Å². The van der Waals surface area contributed by atoms with Gasteiger partial charge in [-0.15, -0.1) is 0 Å². The first-order chi connectivity index (χ1) is 13.2. The minimum Gasteiger partial charge on any atom is -0.545 e. The Bertz CT molecular complexity index is 1110. The molecule has 7 heteroatoms. The van der Waals surface area contributed by atoms with Crippen molar-refractivity contribution >= 4 is 33.4 Å². The van der Waals surface area contributed by atoms with Crippen molar-refractivity contribution in [3.8, 4) is 0 Å². The molecular weight excluding hydrogens is 394 g/mol. The van der Waals surface area contributed by atoms with E-state index in [2.05, 4.69) is 30.7 Å². The van der Waals surface area contributed by atoms with Crippen molar-refractivity contribution < 1.29 is 18.3 Å². The predicted octanol–water partition coefficient (Wildman–Crippen LogP) is 3.62. The number of carboxylic acid groups (broad SMARTS) is 1. The van der Waals surface area contributed by atoms with E-state index in [-0.39, 0.29) is 16.1 Å². The average molecular weight is 413 g/mol. The molecule has 0 saturated carbocycles. The van der Waals surface area contributed by atoms with Gasteiger partial charge >= 0.3 is 0 Å². The number of aromatic carboxylic acids is 1. The zero-order valence-electron chi connectivity index (χ0n) is 15.3. The molecule has 5 nitrogen and oxygen atoms in total. The van der Waals surface area contributed by atoms with E-state index in [4.69, 9.17) is 0 Å². The Balaban J connectivity index is 1.73. The third-order valence-corrected chi connectivity index (χ3v) is 6.62. The zero-order valence-corrected chi connectivity index (χ0v) is 16.9. The Hall–Kier alpha value is -2.77. The smallest absolute Gasteiger partial charge is 0.261 e. The second-order valence-electron chi connectivity index (χ2n) is 6.29. The first-order valence-electron chi connectivity index (χ1n) is 8.44. The molecule has 0 aliphatic carbocycles. The standard InChI is InChI=1S/C21H19NO4S2/c1-14-3-8-19(13-15(14)2)27-18-9-11-20(12-10-18)28(25,26)22-17-6-4-16(5-7-17)21(23)24/h3-13,22H,1-2H3,(H,23,24)/p-1. The second-order valence-corrected chi connectivity index (χ2v) is 9.12. The Kier molecular flexibility index (Phi) is 5.76. The van der Waals surface area contributed by atoms with Crippen LogP contribution in [0.3, 0.4) is 0 Å². The van der Waals surface area contributed by atoms with E-state index < -0.39 is 16.0 Å². The molecule has 28 heavy (non-hydrogen) atoms. The lowest BCUT2D eigenvalue weighted by atomic mass is 10.1. The zero-order chi connectivity index (χ0) is 20.3. The maximum atomic E-state index is 12.5. The highest BCUT2D eigenvalue weighted by Gasteiger charge is 2.14. The summed E-state index contributed by atoms with van der Waals surface area (Å²) < 4.78 is 27.5. The van der Waals surface area contributed by atoms with E-state index in [9.17, 15) is 18.3 Å². The van der Waals surface area contributed by atoms with Gasteiger partial charge in [0.2, 0.25) is 0 Å². The third-order valence-electron chi connectivity index (χ3n) is 4.22. The molecule has 0 amide bonds. The molecule has 0 aliphatic rings. The van der Waals surface area contributed by atoms with Crippen LogP contribution in [-0.4, -0.2) is 14.4 Å². The van der Waals surface area contributed by atoms with Crippen molar-refractivity contribution in [2.75, 3.05) is 4.72 Å². The van der Waals surface area contributed by atoms with Crippen molar-refractivity contribution in [2.45, 2.75) is 28.5 Å². The van der Waals surface area contributed by atoms with Crippen LogP contribution in [0.25, 0.3) is 0 Å². The lowest BCUT2D eigenvalue weighted by Gasteiger charge is -2.10. The first kappa shape index (κ1) is 20.0. The fourth-order valence-corrected chi connectivity index (χ4v) is 4.46. The number of carbonyl (C=O) groups is 1. The number of sulfonamides is 1. The molecule has 0 radical (unpaired) electrons. The Morgan fingerprint density at radius 2 is 1.46 bits per heavy atom. The van der Waals surface area contributed by atoms with Crippen molar-refractivity contribution in [3.05, 3.63) is 83.4 Å². The summed E-state index contributed by atoms with van der Waals surface area (Å²) in [4.78, 5) is 12.9. The number of aryl methyl sites for hydroxylation is 2. The van der Waals surface area contributed by atoms with Gasteiger partial charge in [-0.05, 0) is 79.1 Å². The van der Waals surface area contributed by atoms with Gasteiger partial charge < -0.3 is 9.90 Å². The quantitative estimate of drug-likeness (QED) is 0.668. The first-order valence-corrected chi connectivity index (χ1v) is 10.7. The van der Waals surface area contributed by atoms with Gasteiger partial charge in [0, 0.05) is 15.5 Å². The van der Waals surface area contributed by atoms with Crippen molar-refractivity contribution in [2.24, 2.45) is 0 Å². The molecule has 0 saturated heterocycles. The van der Waals surface area contributed by atoms with Crippen molar-refractivity contribution in [1.82, 2.24) is 0 Å². The molecule has 0 aromatic heterocycles. The maximum absolute atomic E-state index is 12.5. The van der Waals surface area contributed by atoms with Gasteiger partial charge in [-0.2, -0.15) is 0 Å². The predicted molar refractivity (Wildman–Crippen MR) is 108 cm³/mol. The van der Waals surface area contributed by atoms with Crippen LogP contribution in [0.5, 0.6) is 0 Å². The highest BCUT2D eigenvalue weighted by molar-refractivity contribution is 7.99. The molecule has 0 unspecified atom stereocenters. The fourth-order valence-electron chi connectivity index (χ4n) is 2.49. The van der Waals surface area contributed by atoms with Gasteiger partial charge in [-0.25, -0.2) is 8.42 Å². The number of carbonyl (C=O) groups excluding carboxylic acids is 1. The van der Waals surface area contributed by atoms with Crippen LogP contribution in [0.2, 0.25) is 0 Å². The SMILES string of the molecule is Cc1ccc(Sc2ccc(S(=O)(=O)Nc3ccc(C(=O)[O-])cc3)cc2)cc1C. The molecule has 3 aromatic rings. The molecule has 0 fully saturated rings. The summed E-state index contributed by atoms with van der Waals surface area (Å²) in [6.45, 7) is 4.11. The minimum absolute atomic E-state index is 0.0179. The van der Waals surface area contributed by atoms with Crippen LogP contribution in [0.4, 0.5) is 5.69 Å². The summed E-state index contributed by atoms with van der Waals surface area (Å²) in [5, 5.41) is 10.8. The number of hydrogen-bond acceptors (Lipinski definition) is 5. The van der Waals surface area contributed by atoms with Crippen LogP contribution in [0.15, 0.2) is 81.4 Å². The van der Waals surface area contributed by atoms with Crippen LogP contribution in [0, 0.1) is 13.8 Å². The number of nitrogens with one attached hydrogen (secondary N) is 1. The maximum Gasteiger partial charge on any atom is 0.261 e. The molecule has 0 bridgehead atoms. The van der Waals surface area contributed by atoms with Crippen molar-refractivity contribution in [3.63, 3.8) is 0 Å². The van der Waals surface area contributed by atoms with Crippen LogP contribution in [-0.2, 0) is 10.0 Å². The number of anilines is 1. The van der Waals surface area contributed by atoms with E-state index in [1.54, 1.807) is 36.0 Å². The summed E-state index contributed by atoms with van der Waals surface area (Å²) in [6, 6.07) is 18.1. The van der Waals surface area contributed by atoms with E-state index >= 15 is 0 Å². The van der Waals surface area contributed by atoms with Gasteiger partial charge in [-0.1, -0.05) is 30.0 Å². The number of benzene rings is 3. The Labute approximate surface area is 168 Å². The molecule has 0 atom stereocenters. The van der Waals surface area contributed by atoms with E-state index in [0.717, 1.165) is 9.79 Å². The Morgan fingerprint density at radius 1 is 0.857 bits per heavy atom. The minimum atomic E-state index is -3.77.